The van der Waals surface area contributed by atoms with Crippen molar-refractivity contribution in [2.24, 2.45) is 0 Å². The lowest BCUT2D eigenvalue weighted by atomic mass is 10.1. The molecule has 2 aliphatic heterocycles. The van der Waals surface area contributed by atoms with Crippen molar-refractivity contribution in [2.75, 3.05) is 57.7 Å². The summed E-state index contributed by atoms with van der Waals surface area (Å²) in [5.41, 5.74) is 2.82. The third-order valence-electron chi connectivity index (χ3n) is 5.81. The van der Waals surface area contributed by atoms with Crippen LogP contribution >= 0.6 is 0 Å². The molecule has 2 heterocycles. The van der Waals surface area contributed by atoms with Crippen molar-refractivity contribution in [2.45, 2.75) is 33.2 Å². The molecule has 2 aliphatic rings. The van der Waals surface area contributed by atoms with Crippen molar-refractivity contribution in [3.05, 3.63) is 29.3 Å². The van der Waals surface area contributed by atoms with E-state index >= 15 is 0 Å². The van der Waals surface area contributed by atoms with Gasteiger partial charge in [-0.15, -0.1) is 0 Å². The molecule has 1 atom stereocenters. The van der Waals surface area contributed by atoms with Gasteiger partial charge in [-0.1, -0.05) is 13.0 Å². The van der Waals surface area contributed by atoms with Crippen LogP contribution in [0.2, 0.25) is 0 Å². The fourth-order valence-electron chi connectivity index (χ4n) is 4.20. The van der Waals surface area contributed by atoms with Crippen LogP contribution in [-0.4, -0.2) is 90.8 Å². The second-order valence-corrected chi connectivity index (χ2v) is 8.23. The molecule has 2 fully saturated rings. The molecular weight excluding hydrogens is 382 g/mol. The number of amides is 3. The number of hydrogen-bond acceptors (Lipinski definition) is 5. The monoisotopic (exact) mass is 415 g/mol. The first kappa shape index (κ1) is 22.2. The molecule has 164 valence electrons. The van der Waals surface area contributed by atoms with Crippen LogP contribution < -0.4 is 10.6 Å². The molecule has 0 bridgehead atoms. The highest BCUT2D eigenvalue weighted by molar-refractivity contribution is 5.97. The fraction of sp³-hybridized carbons (Fsp3) is 0.591. The molecule has 3 rings (SSSR count). The lowest BCUT2D eigenvalue weighted by Gasteiger charge is -2.38. The van der Waals surface area contributed by atoms with Crippen LogP contribution in [0.1, 0.15) is 24.5 Å². The number of nitrogens with zero attached hydrogens (tertiary/aromatic N) is 3. The van der Waals surface area contributed by atoms with Gasteiger partial charge < -0.3 is 20.4 Å². The lowest BCUT2D eigenvalue weighted by Crippen LogP contribution is -2.60. The van der Waals surface area contributed by atoms with Gasteiger partial charge in [0.25, 0.3) is 0 Å². The Morgan fingerprint density at radius 2 is 1.67 bits per heavy atom. The molecule has 0 aromatic heterocycles. The molecule has 8 nitrogen and oxygen atoms in total. The number of carbonyl (C=O) groups excluding carboxylic acids is 3. The van der Waals surface area contributed by atoms with Gasteiger partial charge in [-0.3, -0.25) is 19.3 Å². The number of nitrogens with one attached hydrogen (secondary N) is 2. The fourth-order valence-corrected chi connectivity index (χ4v) is 4.20. The second-order valence-electron chi connectivity index (χ2n) is 8.23. The minimum absolute atomic E-state index is 0.0474. The van der Waals surface area contributed by atoms with E-state index in [1.807, 2.05) is 32.0 Å². The van der Waals surface area contributed by atoms with Crippen molar-refractivity contribution in [1.82, 2.24) is 20.0 Å². The number of likely N-dealkylation sites (N-methyl/N-ethyl adjacent to an activating group) is 1. The zero-order chi connectivity index (χ0) is 21.7. The summed E-state index contributed by atoms with van der Waals surface area (Å²) >= 11 is 0. The van der Waals surface area contributed by atoms with E-state index in [-0.39, 0.29) is 24.1 Å². The van der Waals surface area contributed by atoms with Gasteiger partial charge in [0.05, 0.1) is 13.0 Å². The Labute approximate surface area is 178 Å². The van der Waals surface area contributed by atoms with Crippen LogP contribution in [0.4, 0.5) is 5.69 Å². The summed E-state index contributed by atoms with van der Waals surface area (Å²) in [4.78, 5) is 44.1. The molecule has 1 aromatic rings. The standard InChI is InChI=1S/C22H33N5O3/c1-4-25-7-9-26(10-8-25)15-21(29)27-6-5-23-22(30)19(27)14-20(28)24-18-12-16(2)11-17(3)13-18/h11-13,19H,4-10,14-15H2,1-3H3,(H,23,30)(H,24,28)/t19-/m1/s1. The van der Waals surface area contributed by atoms with E-state index in [0.717, 1.165) is 43.9 Å². The van der Waals surface area contributed by atoms with Gasteiger partial charge >= 0.3 is 0 Å². The third kappa shape index (κ3) is 5.79. The third-order valence-corrected chi connectivity index (χ3v) is 5.81. The van der Waals surface area contributed by atoms with Crippen LogP contribution in [0.5, 0.6) is 0 Å². The Kier molecular flexibility index (Phi) is 7.44. The lowest BCUT2D eigenvalue weighted by molar-refractivity contribution is -0.145. The van der Waals surface area contributed by atoms with Gasteiger partial charge in [-0.2, -0.15) is 0 Å². The Hall–Kier alpha value is -2.45. The highest BCUT2D eigenvalue weighted by atomic mass is 16.2. The van der Waals surface area contributed by atoms with E-state index in [9.17, 15) is 14.4 Å². The van der Waals surface area contributed by atoms with Crippen molar-refractivity contribution in [3.63, 3.8) is 0 Å². The average Bonchev–Trinajstić information content (AvgIpc) is 2.69. The Morgan fingerprint density at radius 3 is 2.30 bits per heavy atom. The minimum atomic E-state index is -0.769. The predicted octanol–water partition coefficient (Wildman–Crippen LogP) is 0.597. The van der Waals surface area contributed by atoms with Crippen LogP contribution in [0.25, 0.3) is 0 Å². The smallest absolute Gasteiger partial charge is 0.243 e. The van der Waals surface area contributed by atoms with E-state index in [1.165, 1.54) is 0 Å². The largest absolute Gasteiger partial charge is 0.353 e. The SMILES string of the molecule is CCN1CCN(CC(=O)N2CCNC(=O)[C@H]2CC(=O)Nc2cc(C)cc(C)c2)CC1. The van der Waals surface area contributed by atoms with E-state index < -0.39 is 6.04 Å². The molecule has 0 saturated carbocycles. The molecule has 0 unspecified atom stereocenters. The van der Waals surface area contributed by atoms with Crippen LogP contribution in [0, 0.1) is 13.8 Å². The number of carbonyl (C=O) groups is 3. The number of hydrogen-bond donors (Lipinski definition) is 2. The Balaban J connectivity index is 1.60. The second kappa shape index (κ2) is 10.0. The molecular formula is C22H33N5O3. The van der Waals surface area contributed by atoms with Crippen LogP contribution in [0.3, 0.4) is 0 Å². The van der Waals surface area contributed by atoms with Crippen molar-refractivity contribution in [1.29, 1.82) is 0 Å². The summed E-state index contributed by atoms with van der Waals surface area (Å²) in [6.45, 7) is 11.8. The normalized spacial score (nSPS) is 20.7. The van der Waals surface area contributed by atoms with Gasteiger partial charge in [0.2, 0.25) is 17.7 Å². The van der Waals surface area contributed by atoms with E-state index in [4.69, 9.17) is 0 Å². The van der Waals surface area contributed by atoms with E-state index in [1.54, 1.807) is 4.90 Å². The molecule has 1 aromatic carbocycles. The Morgan fingerprint density at radius 1 is 1.03 bits per heavy atom. The highest BCUT2D eigenvalue weighted by Crippen LogP contribution is 2.16. The van der Waals surface area contributed by atoms with E-state index in [2.05, 4.69) is 27.4 Å². The van der Waals surface area contributed by atoms with E-state index in [0.29, 0.717) is 25.3 Å². The number of rotatable bonds is 6. The number of anilines is 1. The quantitative estimate of drug-likeness (QED) is 0.711. The highest BCUT2D eigenvalue weighted by Gasteiger charge is 2.35. The molecule has 30 heavy (non-hydrogen) atoms. The summed E-state index contributed by atoms with van der Waals surface area (Å²) in [6, 6.07) is 5.05. The van der Waals surface area contributed by atoms with Crippen LogP contribution in [0.15, 0.2) is 18.2 Å². The number of aryl methyl sites for hydroxylation is 2. The first-order chi connectivity index (χ1) is 14.4. The molecule has 0 radical (unpaired) electrons. The zero-order valence-electron chi connectivity index (χ0n) is 18.2. The van der Waals surface area contributed by atoms with Gasteiger partial charge in [0, 0.05) is 45.0 Å². The van der Waals surface area contributed by atoms with Gasteiger partial charge in [0.15, 0.2) is 0 Å². The first-order valence-electron chi connectivity index (χ1n) is 10.8. The maximum absolute atomic E-state index is 13.0. The maximum atomic E-state index is 13.0. The van der Waals surface area contributed by atoms with Crippen molar-refractivity contribution >= 4 is 23.4 Å². The zero-order valence-corrected chi connectivity index (χ0v) is 18.2. The molecule has 2 saturated heterocycles. The summed E-state index contributed by atoms with van der Waals surface area (Å²) in [5, 5.41) is 5.66. The Bertz CT molecular complexity index is 769. The molecule has 8 heteroatoms. The van der Waals surface area contributed by atoms with Gasteiger partial charge in [-0.25, -0.2) is 0 Å². The summed E-state index contributed by atoms with van der Waals surface area (Å²) < 4.78 is 0. The average molecular weight is 416 g/mol. The summed E-state index contributed by atoms with van der Waals surface area (Å²) in [6.07, 6.45) is -0.0474. The maximum Gasteiger partial charge on any atom is 0.243 e. The van der Waals surface area contributed by atoms with Crippen molar-refractivity contribution in [3.8, 4) is 0 Å². The molecule has 2 N–H and O–H groups in total. The topological polar surface area (TPSA) is 85.0 Å². The predicted molar refractivity (Wildman–Crippen MR) is 116 cm³/mol. The first-order valence-corrected chi connectivity index (χ1v) is 10.8. The summed E-state index contributed by atoms with van der Waals surface area (Å²) in [7, 11) is 0. The number of piperazine rings is 2. The molecule has 0 aliphatic carbocycles. The van der Waals surface area contributed by atoms with Crippen LogP contribution in [-0.2, 0) is 14.4 Å². The minimum Gasteiger partial charge on any atom is -0.353 e. The summed E-state index contributed by atoms with van der Waals surface area (Å²) in [5.74, 6) is -0.614. The van der Waals surface area contributed by atoms with Crippen molar-refractivity contribution < 1.29 is 14.4 Å². The van der Waals surface area contributed by atoms with Gasteiger partial charge in [-0.05, 0) is 43.7 Å². The molecule has 0 spiro atoms. The number of benzene rings is 1. The van der Waals surface area contributed by atoms with Gasteiger partial charge in [0.1, 0.15) is 6.04 Å². The molecule has 3 amide bonds.